The molecule has 21 heavy (non-hydrogen) atoms. The average Bonchev–Trinajstić information content (AvgIpc) is 2.51. The van der Waals surface area contributed by atoms with Crippen LogP contribution in [0.5, 0.6) is 0 Å². The van der Waals surface area contributed by atoms with Crippen LogP contribution in [0.4, 0.5) is 0 Å². The fourth-order valence-electron chi connectivity index (χ4n) is 1.91. The minimum atomic E-state index is -1.90. The van der Waals surface area contributed by atoms with Crippen molar-refractivity contribution in [2.45, 2.75) is 38.9 Å². The van der Waals surface area contributed by atoms with E-state index in [1.807, 2.05) is 39.0 Å². The lowest BCUT2D eigenvalue weighted by molar-refractivity contribution is 0.233. The lowest BCUT2D eigenvalue weighted by Crippen LogP contribution is -2.40. The summed E-state index contributed by atoms with van der Waals surface area (Å²) in [5, 5.41) is 0. The van der Waals surface area contributed by atoms with Gasteiger partial charge < -0.3 is 18.6 Å². The third-order valence-corrected chi connectivity index (χ3v) is 7.37. The molecular weight excluding hydrogens is 284 g/mol. The van der Waals surface area contributed by atoms with E-state index in [1.165, 1.54) is 0 Å². The first-order chi connectivity index (χ1) is 10.2. The summed E-state index contributed by atoms with van der Waals surface area (Å²) in [7, 11) is -0.0973. The molecule has 0 aromatic rings. The molecule has 0 atom stereocenters. The molecule has 0 aliphatic carbocycles. The Morgan fingerprint density at radius 1 is 0.667 bits per heavy atom. The summed E-state index contributed by atoms with van der Waals surface area (Å²) < 4.78 is 22.3. The molecule has 0 aromatic carbocycles. The zero-order valence-electron chi connectivity index (χ0n) is 13.8. The van der Waals surface area contributed by atoms with Gasteiger partial charge in [-0.3, -0.25) is 0 Å². The van der Waals surface area contributed by atoms with Crippen molar-refractivity contribution in [3.8, 4) is 0 Å². The van der Waals surface area contributed by atoms with E-state index >= 15 is 0 Å². The van der Waals surface area contributed by atoms with Gasteiger partial charge in [-0.15, -0.1) is 0 Å². The zero-order chi connectivity index (χ0) is 15.8. The zero-order valence-corrected chi connectivity index (χ0v) is 14.8. The molecule has 0 fully saturated rings. The molecule has 0 aliphatic heterocycles. The van der Waals surface area contributed by atoms with Crippen molar-refractivity contribution in [1.82, 2.24) is 0 Å². The molecule has 0 bridgehead atoms. The third kappa shape index (κ3) is 10.2. The number of rotatable bonds is 13. The van der Waals surface area contributed by atoms with Crippen LogP contribution in [-0.4, -0.2) is 35.2 Å². The Kier molecular flexibility index (Phi) is 13.0. The van der Waals surface area contributed by atoms with Gasteiger partial charge in [0.25, 0.3) is 0 Å². The van der Waals surface area contributed by atoms with Crippen LogP contribution in [0.2, 0.25) is 18.1 Å². The van der Waals surface area contributed by atoms with Crippen molar-refractivity contribution in [1.29, 1.82) is 0 Å². The van der Waals surface area contributed by atoms with Crippen molar-refractivity contribution >= 4 is 8.32 Å². The molecule has 0 amide bonds. The largest absolute Gasteiger partial charge is 0.502 e. The number of allylic oxidation sites excluding steroid dienone is 3. The summed E-state index contributed by atoms with van der Waals surface area (Å²) in [6.45, 7) is 7.86. The highest BCUT2D eigenvalue weighted by atomic mass is 28.4. The Morgan fingerprint density at radius 2 is 1.00 bits per heavy atom. The van der Waals surface area contributed by atoms with E-state index in [0.29, 0.717) is 19.8 Å². The smallest absolute Gasteiger partial charge is 0.202 e. The molecular formula is C16H30O4Si. The van der Waals surface area contributed by atoms with Crippen molar-refractivity contribution in [3.63, 3.8) is 0 Å². The van der Waals surface area contributed by atoms with Crippen LogP contribution in [0.15, 0.2) is 37.0 Å². The first-order valence-electron chi connectivity index (χ1n) is 7.48. The second-order valence-corrected chi connectivity index (χ2v) is 8.93. The number of hydrogen-bond donors (Lipinski definition) is 0. The standard InChI is InChI=1S/C16H30O4Si/c1-5-8-18-11-14-21(17-4,15-12-19-9-6-2)16-13-20-10-7-3/h5-10H,11-16H2,1-4H3. The summed E-state index contributed by atoms with van der Waals surface area (Å²) >= 11 is 0. The monoisotopic (exact) mass is 314 g/mol. The minimum Gasteiger partial charge on any atom is -0.502 e. The van der Waals surface area contributed by atoms with Crippen LogP contribution in [-0.2, 0) is 18.6 Å². The Labute approximate surface area is 130 Å². The quantitative estimate of drug-likeness (QED) is 0.290. The van der Waals surface area contributed by atoms with Crippen molar-refractivity contribution in [2.75, 3.05) is 26.9 Å². The molecule has 0 rings (SSSR count). The van der Waals surface area contributed by atoms with Gasteiger partial charge in [0, 0.05) is 25.2 Å². The fraction of sp³-hybridized carbons (Fsp3) is 0.625. The summed E-state index contributed by atoms with van der Waals surface area (Å²) in [6, 6.07) is 2.81. The highest BCUT2D eigenvalue weighted by Crippen LogP contribution is 2.22. The maximum Gasteiger partial charge on any atom is 0.202 e. The first kappa shape index (κ1) is 19.8. The SMILES string of the molecule is CC=COCC[Si](CCOC=CC)(CCOC=CC)OC. The maximum atomic E-state index is 5.91. The molecule has 5 heteroatoms. The lowest BCUT2D eigenvalue weighted by Gasteiger charge is -2.29. The third-order valence-electron chi connectivity index (χ3n) is 3.16. The second kappa shape index (κ2) is 13.8. The second-order valence-electron chi connectivity index (χ2n) is 4.66. The van der Waals surface area contributed by atoms with Gasteiger partial charge in [0.2, 0.25) is 8.32 Å². The van der Waals surface area contributed by atoms with Crippen molar-refractivity contribution < 1.29 is 18.6 Å². The van der Waals surface area contributed by atoms with Gasteiger partial charge in [-0.05, 0) is 20.8 Å². The van der Waals surface area contributed by atoms with Crippen LogP contribution in [0, 0.1) is 0 Å². The van der Waals surface area contributed by atoms with E-state index in [1.54, 1.807) is 25.9 Å². The molecule has 0 N–H and O–H groups in total. The van der Waals surface area contributed by atoms with Crippen molar-refractivity contribution in [2.24, 2.45) is 0 Å². The van der Waals surface area contributed by atoms with Crippen LogP contribution in [0.1, 0.15) is 20.8 Å². The number of hydrogen-bond acceptors (Lipinski definition) is 4. The van der Waals surface area contributed by atoms with Crippen LogP contribution in [0.25, 0.3) is 0 Å². The molecule has 0 saturated heterocycles. The van der Waals surface area contributed by atoms with Gasteiger partial charge in [-0.2, -0.15) is 0 Å². The van der Waals surface area contributed by atoms with E-state index in [0.717, 1.165) is 18.1 Å². The van der Waals surface area contributed by atoms with Crippen LogP contribution >= 0.6 is 0 Å². The summed E-state index contributed by atoms with van der Waals surface area (Å²) in [4.78, 5) is 0. The fourth-order valence-corrected chi connectivity index (χ4v) is 4.74. The average molecular weight is 314 g/mol. The van der Waals surface area contributed by atoms with E-state index in [-0.39, 0.29) is 0 Å². The summed E-state index contributed by atoms with van der Waals surface area (Å²) in [6.07, 6.45) is 10.8. The topological polar surface area (TPSA) is 36.9 Å². The first-order valence-corrected chi connectivity index (χ1v) is 10.0. The molecule has 0 radical (unpaired) electrons. The van der Waals surface area contributed by atoms with Gasteiger partial charge in [0.05, 0.1) is 38.6 Å². The predicted octanol–water partition coefficient (Wildman–Crippen LogP) is 4.23. The van der Waals surface area contributed by atoms with E-state index in [2.05, 4.69) is 0 Å². The Balaban J connectivity index is 4.41. The molecule has 0 aromatic heterocycles. The highest BCUT2D eigenvalue weighted by Gasteiger charge is 2.33. The highest BCUT2D eigenvalue weighted by molar-refractivity contribution is 6.74. The predicted molar refractivity (Wildman–Crippen MR) is 89.5 cm³/mol. The van der Waals surface area contributed by atoms with Gasteiger partial charge in [-0.25, -0.2) is 0 Å². The normalized spacial score (nSPS) is 14.9. The van der Waals surface area contributed by atoms with Crippen LogP contribution < -0.4 is 0 Å². The minimum absolute atomic E-state index is 0.678. The molecule has 0 heterocycles. The molecule has 0 spiro atoms. The molecule has 0 aliphatic rings. The summed E-state index contributed by atoms with van der Waals surface area (Å²) in [5.74, 6) is 0. The molecule has 4 nitrogen and oxygen atoms in total. The van der Waals surface area contributed by atoms with E-state index in [4.69, 9.17) is 18.6 Å². The summed E-state index contributed by atoms with van der Waals surface area (Å²) in [5.41, 5.74) is 0. The number of ether oxygens (including phenoxy) is 3. The van der Waals surface area contributed by atoms with Gasteiger partial charge >= 0.3 is 0 Å². The van der Waals surface area contributed by atoms with E-state index in [9.17, 15) is 0 Å². The van der Waals surface area contributed by atoms with Crippen LogP contribution in [0.3, 0.4) is 0 Å². The lowest BCUT2D eigenvalue weighted by atomic mass is 10.7. The maximum absolute atomic E-state index is 5.91. The molecule has 0 unspecified atom stereocenters. The Hall–Kier alpha value is -1.20. The molecule has 0 saturated carbocycles. The molecule has 122 valence electrons. The van der Waals surface area contributed by atoms with Gasteiger partial charge in [0.1, 0.15) is 0 Å². The van der Waals surface area contributed by atoms with Crippen molar-refractivity contribution in [3.05, 3.63) is 37.0 Å². The van der Waals surface area contributed by atoms with E-state index < -0.39 is 8.32 Å². The Morgan fingerprint density at radius 3 is 1.24 bits per heavy atom. The Bertz CT molecular complexity index is 268. The van der Waals surface area contributed by atoms with Gasteiger partial charge in [0.15, 0.2) is 0 Å². The van der Waals surface area contributed by atoms with Gasteiger partial charge in [-0.1, -0.05) is 18.2 Å².